The largest absolute Gasteiger partial charge is 0.465 e. The van der Waals surface area contributed by atoms with Gasteiger partial charge in [0.1, 0.15) is 6.61 Å². The van der Waals surface area contributed by atoms with E-state index in [4.69, 9.17) is 4.74 Å². The van der Waals surface area contributed by atoms with E-state index in [-0.39, 0.29) is 24.4 Å². The van der Waals surface area contributed by atoms with Gasteiger partial charge in [0.15, 0.2) is 5.82 Å². The molecular formula is C8H14N4O2. The highest BCUT2D eigenvalue weighted by Gasteiger charge is 2.14. The lowest BCUT2D eigenvalue weighted by molar-refractivity contribution is -0.147. The van der Waals surface area contributed by atoms with Crippen molar-refractivity contribution < 1.29 is 9.53 Å². The number of H-pyrrole nitrogens is 1. The van der Waals surface area contributed by atoms with E-state index in [1.165, 1.54) is 0 Å². The van der Waals surface area contributed by atoms with Gasteiger partial charge in [0.25, 0.3) is 0 Å². The van der Waals surface area contributed by atoms with Gasteiger partial charge in [-0.1, -0.05) is 26.0 Å². The summed E-state index contributed by atoms with van der Waals surface area (Å²) >= 11 is 0. The Morgan fingerprint density at radius 2 is 2.21 bits per heavy atom. The van der Waals surface area contributed by atoms with Crippen molar-refractivity contribution in [3.05, 3.63) is 5.82 Å². The second kappa shape index (κ2) is 4.69. The Morgan fingerprint density at radius 3 is 2.71 bits per heavy atom. The normalized spacial score (nSPS) is 12.9. The highest BCUT2D eigenvalue weighted by Crippen LogP contribution is 2.09. The highest BCUT2D eigenvalue weighted by atomic mass is 16.5. The van der Waals surface area contributed by atoms with Crippen LogP contribution in [0.1, 0.15) is 32.5 Å². The molecule has 1 aromatic rings. The molecule has 0 saturated carbocycles. The number of carbonyl (C=O) groups excluding carboxylic acids is 1. The smallest absolute Gasteiger partial charge is 0.308 e. The van der Waals surface area contributed by atoms with Crippen molar-refractivity contribution in [3.8, 4) is 0 Å². The Bertz CT molecular complexity index is 284. The molecule has 0 aliphatic rings. The number of esters is 1. The Morgan fingerprint density at radius 1 is 1.50 bits per heavy atom. The van der Waals surface area contributed by atoms with Gasteiger partial charge < -0.3 is 4.74 Å². The first-order chi connectivity index (χ1) is 6.61. The van der Waals surface area contributed by atoms with E-state index >= 15 is 0 Å². The number of aromatic amines is 1. The third-order valence-electron chi connectivity index (χ3n) is 1.75. The maximum absolute atomic E-state index is 11.1. The summed E-state index contributed by atoms with van der Waals surface area (Å²) in [5.41, 5.74) is 0. The van der Waals surface area contributed by atoms with Gasteiger partial charge in [-0.3, -0.25) is 4.79 Å². The van der Waals surface area contributed by atoms with Gasteiger partial charge in [-0.25, -0.2) is 0 Å². The quantitative estimate of drug-likeness (QED) is 0.712. The van der Waals surface area contributed by atoms with Crippen LogP contribution in [-0.4, -0.2) is 33.2 Å². The lowest BCUT2D eigenvalue weighted by Crippen LogP contribution is -2.16. The second-order valence-corrected chi connectivity index (χ2v) is 3.46. The highest BCUT2D eigenvalue weighted by molar-refractivity contribution is 5.71. The topological polar surface area (TPSA) is 80.8 Å². The van der Waals surface area contributed by atoms with Crippen LogP contribution >= 0.6 is 0 Å². The summed E-state index contributed by atoms with van der Waals surface area (Å²) in [5.74, 6) is 0.214. The van der Waals surface area contributed by atoms with Gasteiger partial charge in [0, 0.05) is 0 Å². The van der Waals surface area contributed by atoms with Gasteiger partial charge in [0.05, 0.1) is 11.8 Å². The molecule has 6 heteroatoms. The summed E-state index contributed by atoms with van der Waals surface area (Å²) in [7, 11) is 0. The monoisotopic (exact) mass is 198 g/mol. The van der Waals surface area contributed by atoms with E-state index in [0.29, 0.717) is 5.82 Å². The molecule has 78 valence electrons. The maximum Gasteiger partial charge on any atom is 0.308 e. The van der Waals surface area contributed by atoms with Crippen LogP contribution in [-0.2, 0) is 9.53 Å². The Balaban J connectivity index is 2.36. The molecule has 0 aliphatic carbocycles. The Labute approximate surface area is 82.0 Å². The summed E-state index contributed by atoms with van der Waals surface area (Å²) < 4.78 is 5.03. The number of tetrazole rings is 1. The maximum atomic E-state index is 11.1. The van der Waals surface area contributed by atoms with Gasteiger partial charge in [-0.2, -0.15) is 5.21 Å². The Hall–Kier alpha value is -1.46. The van der Waals surface area contributed by atoms with Crippen molar-refractivity contribution in [3.63, 3.8) is 0 Å². The van der Waals surface area contributed by atoms with Gasteiger partial charge in [0.2, 0.25) is 0 Å². The first-order valence-corrected chi connectivity index (χ1v) is 4.51. The first-order valence-electron chi connectivity index (χ1n) is 4.51. The molecule has 0 fully saturated rings. The van der Waals surface area contributed by atoms with Crippen molar-refractivity contribution in [1.29, 1.82) is 0 Å². The minimum absolute atomic E-state index is 0.0311. The molecule has 1 unspecified atom stereocenters. The zero-order chi connectivity index (χ0) is 10.6. The number of ether oxygens (including phenoxy) is 1. The van der Waals surface area contributed by atoms with Crippen LogP contribution in [0.2, 0.25) is 0 Å². The number of hydrogen-bond donors (Lipinski definition) is 1. The SMILES string of the molecule is CC(C)C(=O)OCC(C)c1nn[nH]n1. The fourth-order valence-corrected chi connectivity index (χ4v) is 0.827. The fourth-order valence-electron chi connectivity index (χ4n) is 0.827. The minimum atomic E-state index is -0.208. The molecule has 0 aromatic carbocycles. The van der Waals surface area contributed by atoms with E-state index in [0.717, 1.165) is 0 Å². The predicted molar refractivity (Wildman–Crippen MR) is 48.4 cm³/mol. The fraction of sp³-hybridized carbons (Fsp3) is 0.750. The van der Waals surface area contributed by atoms with Crippen LogP contribution in [0.5, 0.6) is 0 Å². The number of hydrogen-bond acceptors (Lipinski definition) is 5. The van der Waals surface area contributed by atoms with Crippen LogP contribution in [0, 0.1) is 5.92 Å². The van der Waals surface area contributed by atoms with Crippen molar-refractivity contribution in [1.82, 2.24) is 20.6 Å². The molecule has 1 rings (SSSR count). The number of rotatable bonds is 4. The van der Waals surface area contributed by atoms with Crippen LogP contribution in [0.4, 0.5) is 0 Å². The van der Waals surface area contributed by atoms with Crippen LogP contribution < -0.4 is 0 Å². The first kappa shape index (κ1) is 10.6. The number of nitrogens with one attached hydrogen (secondary N) is 1. The summed E-state index contributed by atoms with van der Waals surface area (Å²) in [4.78, 5) is 11.1. The summed E-state index contributed by atoms with van der Waals surface area (Å²) in [5, 5.41) is 13.4. The zero-order valence-corrected chi connectivity index (χ0v) is 8.52. The minimum Gasteiger partial charge on any atom is -0.465 e. The van der Waals surface area contributed by atoms with E-state index in [1.807, 2.05) is 6.92 Å². The lowest BCUT2D eigenvalue weighted by Gasteiger charge is -2.09. The van der Waals surface area contributed by atoms with Gasteiger partial charge in [-0.15, -0.1) is 10.2 Å². The molecule has 6 nitrogen and oxygen atoms in total. The van der Waals surface area contributed by atoms with Crippen molar-refractivity contribution in [2.75, 3.05) is 6.61 Å². The average molecular weight is 198 g/mol. The molecule has 0 bridgehead atoms. The lowest BCUT2D eigenvalue weighted by atomic mass is 10.2. The van der Waals surface area contributed by atoms with E-state index < -0.39 is 0 Å². The third kappa shape index (κ3) is 2.79. The van der Waals surface area contributed by atoms with Gasteiger partial charge >= 0.3 is 5.97 Å². The molecule has 0 spiro atoms. The molecule has 1 aromatic heterocycles. The molecule has 0 saturated heterocycles. The van der Waals surface area contributed by atoms with E-state index in [2.05, 4.69) is 20.6 Å². The molecule has 0 aliphatic heterocycles. The molecule has 0 radical (unpaired) electrons. The molecular weight excluding hydrogens is 184 g/mol. The number of aromatic nitrogens is 4. The number of nitrogens with zero attached hydrogens (tertiary/aromatic N) is 3. The molecule has 1 N–H and O–H groups in total. The van der Waals surface area contributed by atoms with Crippen molar-refractivity contribution in [2.45, 2.75) is 26.7 Å². The average Bonchev–Trinajstić information content (AvgIpc) is 2.66. The van der Waals surface area contributed by atoms with Crippen LogP contribution in [0.15, 0.2) is 0 Å². The number of carbonyl (C=O) groups is 1. The van der Waals surface area contributed by atoms with Crippen molar-refractivity contribution in [2.24, 2.45) is 5.92 Å². The molecule has 14 heavy (non-hydrogen) atoms. The van der Waals surface area contributed by atoms with Crippen LogP contribution in [0.3, 0.4) is 0 Å². The third-order valence-corrected chi connectivity index (χ3v) is 1.75. The molecule has 1 atom stereocenters. The zero-order valence-electron chi connectivity index (χ0n) is 8.52. The summed E-state index contributed by atoms with van der Waals surface area (Å²) in [6.45, 7) is 5.75. The summed E-state index contributed by atoms with van der Waals surface area (Å²) in [6, 6.07) is 0. The van der Waals surface area contributed by atoms with E-state index in [9.17, 15) is 4.79 Å². The van der Waals surface area contributed by atoms with Crippen LogP contribution in [0.25, 0.3) is 0 Å². The second-order valence-electron chi connectivity index (χ2n) is 3.46. The van der Waals surface area contributed by atoms with Crippen molar-refractivity contribution >= 4 is 5.97 Å². The predicted octanol–water partition coefficient (Wildman–Crippen LogP) is 0.502. The summed E-state index contributed by atoms with van der Waals surface area (Å²) in [6.07, 6.45) is 0. The Kier molecular flexibility index (Phi) is 3.55. The van der Waals surface area contributed by atoms with Gasteiger partial charge in [-0.05, 0) is 0 Å². The molecule has 1 heterocycles. The standard InChI is InChI=1S/C8H14N4O2/c1-5(2)8(13)14-4-6(3)7-9-11-12-10-7/h5-6H,4H2,1-3H3,(H,9,10,11,12). The van der Waals surface area contributed by atoms with E-state index in [1.54, 1.807) is 13.8 Å². The molecule has 0 amide bonds.